The van der Waals surface area contributed by atoms with E-state index in [2.05, 4.69) is 9.88 Å². The van der Waals surface area contributed by atoms with E-state index in [1.807, 2.05) is 0 Å². The number of anilines is 1. The third kappa shape index (κ3) is 2.50. The zero-order valence-corrected chi connectivity index (χ0v) is 9.27. The fourth-order valence-corrected chi connectivity index (χ4v) is 2.21. The van der Waals surface area contributed by atoms with Gasteiger partial charge in [-0.3, -0.25) is 0 Å². The summed E-state index contributed by atoms with van der Waals surface area (Å²) >= 11 is 0. The quantitative estimate of drug-likeness (QED) is 0.834. The van der Waals surface area contributed by atoms with Crippen molar-refractivity contribution in [1.82, 2.24) is 4.98 Å². The molecule has 2 rings (SSSR count). The van der Waals surface area contributed by atoms with E-state index in [4.69, 9.17) is 0 Å². The summed E-state index contributed by atoms with van der Waals surface area (Å²) in [6.45, 7) is 1.03. The Morgan fingerprint density at radius 2 is 2.25 bits per heavy atom. The highest BCUT2D eigenvalue weighted by atomic mass is 19.1. The molecule has 1 N–H and O–H groups in total. The second kappa shape index (κ2) is 5.25. The predicted octanol–water partition coefficient (Wildman–Crippen LogP) is 1.96. The summed E-state index contributed by atoms with van der Waals surface area (Å²) in [7, 11) is 0. The van der Waals surface area contributed by atoms with Gasteiger partial charge in [0.15, 0.2) is 0 Å². The Kier molecular flexibility index (Phi) is 3.72. The van der Waals surface area contributed by atoms with Crippen LogP contribution >= 0.6 is 0 Å². The molecule has 1 aromatic rings. The molecule has 1 unspecified atom stereocenters. The number of pyridine rings is 1. The highest BCUT2D eigenvalue weighted by Gasteiger charge is 2.21. The predicted molar refractivity (Wildman–Crippen MR) is 60.9 cm³/mol. The van der Waals surface area contributed by atoms with Crippen LogP contribution in [0.1, 0.15) is 25.7 Å². The van der Waals surface area contributed by atoms with Gasteiger partial charge in [0.25, 0.3) is 0 Å². The summed E-state index contributed by atoms with van der Waals surface area (Å²) in [5.41, 5.74) is 0. The maximum absolute atomic E-state index is 12.8. The molecule has 88 valence electrons. The smallest absolute Gasteiger partial charge is 0.141 e. The van der Waals surface area contributed by atoms with Gasteiger partial charge in [-0.15, -0.1) is 0 Å². The Balaban J connectivity index is 2.18. The van der Waals surface area contributed by atoms with Crippen molar-refractivity contribution in [2.24, 2.45) is 0 Å². The minimum Gasteiger partial charge on any atom is -0.394 e. The van der Waals surface area contributed by atoms with Crippen LogP contribution in [0.3, 0.4) is 0 Å². The molecule has 0 radical (unpaired) electrons. The minimum absolute atomic E-state index is 0.125. The number of rotatable bonds is 2. The minimum atomic E-state index is -0.320. The maximum atomic E-state index is 12.8. The van der Waals surface area contributed by atoms with Gasteiger partial charge in [0.2, 0.25) is 0 Å². The zero-order valence-electron chi connectivity index (χ0n) is 9.27. The van der Waals surface area contributed by atoms with Gasteiger partial charge in [-0.2, -0.15) is 0 Å². The zero-order chi connectivity index (χ0) is 11.4. The highest BCUT2D eigenvalue weighted by molar-refractivity contribution is 5.39. The molecule has 1 aliphatic heterocycles. The lowest BCUT2D eigenvalue weighted by Crippen LogP contribution is -2.38. The molecule has 1 aliphatic rings. The summed E-state index contributed by atoms with van der Waals surface area (Å²) < 4.78 is 12.8. The molecule has 3 nitrogen and oxygen atoms in total. The SMILES string of the molecule is OCC1CCCCCN1c1ccc(F)cn1. The van der Waals surface area contributed by atoms with Crippen LogP contribution in [0, 0.1) is 5.82 Å². The van der Waals surface area contributed by atoms with Crippen LogP contribution in [0.4, 0.5) is 10.2 Å². The molecule has 1 aromatic heterocycles. The van der Waals surface area contributed by atoms with Crippen LogP contribution in [0.25, 0.3) is 0 Å². The Morgan fingerprint density at radius 1 is 1.38 bits per heavy atom. The van der Waals surface area contributed by atoms with Gasteiger partial charge in [0, 0.05) is 6.54 Å². The van der Waals surface area contributed by atoms with Gasteiger partial charge in [0.1, 0.15) is 11.6 Å². The van der Waals surface area contributed by atoms with E-state index in [-0.39, 0.29) is 18.5 Å². The summed E-state index contributed by atoms with van der Waals surface area (Å²) in [4.78, 5) is 6.17. The average Bonchev–Trinajstić information content (AvgIpc) is 2.55. The van der Waals surface area contributed by atoms with Crippen molar-refractivity contribution in [3.8, 4) is 0 Å². The Hall–Kier alpha value is -1.16. The van der Waals surface area contributed by atoms with E-state index in [9.17, 15) is 9.50 Å². The first-order valence-electron chi connectivity index (χ1n) is 5.80. The van der Waals surface area contributed by atoms with Crippen molar-refractivity contribution in [3.63, 3.8) is 0 Å². The van der Waals surface area contributed by atoms with E-state index in [0.717, 1.165) is 31.6 Å². The van der Waals surface area contributed by atoms with E-state index in [1.54, 1.807) is 6.07 Å². The standard InChI is InChI=1S/C12H17FN2O/c13-10-5-6-12(14-8-10)15-7-3-1-2-4-11(15)9-16/h5-6,8,11,16H,1-4,7,9H2. The molecule has 2 heterocycles. The molecule has 0 bridgehead atoms. The van der Waals surface area contributed by atoms with Gasteiger partial charge in [-0.25, -0.2) is 9.37 Å². The molecule has 16 heavy (non-hydrogen) atoms. The van der Waals surface area contributed by atoms with E-state index in [1.165, 1.54) is 18.7 Å². The molecular weight excluding hydrogens is 207 g/mol. The molecule has 1 saturated heterocycles. The lowest BCUT2D eigenvalue weighted by molar-refractivity contribution is 0.254. The summed E-state index contributed by atoms with van der Waals surface area (Å²) in [5, 5.41) is 9.36. The molecule has 1 atom stereocenters. The summed E-state index contributed by atoms with van der Waals surface area (Å²) in [5.74, 6) is 0.446. The second-order valence-corrected chi connectivity index (χ2v) is 4.21. The molecule has 0 amide bonds. The Bertz CT molecular complexity index is 328. The lowest BCUT2D eigenvalue weighted by Gasteiger charge is -2.29. The van der Waals surface area contributed by atoms with Crippen molar-refractivity contribution in [2.75, 3.05) is 18.1 Å². The van der Waals surface area contributed by atoms with Crippen molar-refractivity contribution >= 4 is 5.82 Å². The molecule has 0 saturated carbocycles. The monoisotopic (exact) mass is 224 g/mol. The van der Waals surface area contributed by atoms with Crippen LogP contribution < -0.4 is 4.90 Å². The molecule has 0 aromatic carbocycles. The largest absolute Gasteiger partial charge is 0.394 e. The number of aliphatic hydroxyl groups excluding tert-OH is 1. The number of nitrogens with zero attached hydrogens (tertiary/aromatic N) is 2. The molecular formula is C12H17FN2O. The normalized spacial score (nSPS) is 21.9. The maximum Gasteiger partial charge on any atom is 0.141 e. The van der Waals surface area contributed by atoms with Gasteiger partial charge in [-0.05, 0) is 25.0 Å². The third-order valence-electron chi connectivity index (χ3n) is 3.09. The van der Waals surface area contributed by atoms with E-state index >= 15 is 0 Å². The summed E-state index contributed by atoms with van der Waals surface area (Å²) in [6, 6.07) is 3.23. The Morgan fingerprint density at radius 3 is 2.94 bits per heavy atom. The van der Waals surface area contributed by atoms with Crippen molar-refractivity contribution in [3.05, 3.63) is 24.1 Å². The molecule has 1 fully saturated rings. The fraction of sp³-hybridized carbons (Fsp3) is 0.583. The second-order valence-electron chi connectivity index (χ2n) is 4.21. The van der Waals surface area contributed by atoms with Gasteiger partial charge in [0.05, 0.1) is 18.8 Å². The van der Waals surface area contributed by atoms with Crippen LogP contribution in [-0.4, -0.2) is 29.3 Å². The Labute approximate surface area is 94.9 Å². The topological polar surface area (TPSA) is 36.4 Å². The van der Waals surface area contributed by atoms with Crippen LogP contribution in [0.5, 0.6) is 0 Å². The van der Waals surface area contributed by atoms with Gasteiger partial charge in [-0.1, -0.05) is 12.8 Å². The molecule has 0 aliphatic carbocycles. The van der Waals surface area contributed by atoms with Gasteiger partial charge >= 0.3 is 0 Å². The third-order valence-corrected chi connectivity index (χ3v) is 3.09. The van der Waals surface area contributed by atoms with Crippen molar-refractivity contribution in [1.29, 1.82) is 0 Å². The number of aromatic nitrogens is 1. The summed E-state index contributed by atoms with van der Waals surface area (Å²) in [6.07, 6.45) is 5.65. The molecule has 0 spiro atoms. The van der Waals surface area contributed by atoms with Crippen LogP contribution in [0.15, 0.2) is 18.3 Å². The first kappa shape index (κ1) is 11.3. The number of aliphatic hydroxyl groups is 1. The first-order valence-corrected chi connectivity index (χ1v) is 5.80. The average molecular weight is 224 g/mol. The number of halogens is 1. The number of hydrogen-bond donors (Lipinski definition) is 1. The van der Waals surface area contributed by atoms with Crippen LogP contribution in [0.2, 0.25) is 0 Å². The highest BCUT2D eigenvalue weighted by Crippen LogP contribution is 2.22. The van der Waals surface area contributed by atoms with E-state index < -0.39 is 0 Å². The molecule has 4 heteroatoms. The van der Waals surface area contributed by atoms with Crippen molar-refractivity contribution < 1.29 is 9.50 Å². The van der Waals surface area contributed by atoms with Gasteiger partial charge < -0.3 is 10.0 Å². The van der Waals surface area contributed by atoms with Crippen LogP contribution in [-0.2, 0) is 0 Å². The first-order chi connectivity index (χ1) is 7.81. The fourth-order valence-electron chi connectivity index (χ4n) is 2.21. The number of hydrogen-bond acceptors (Lipinski definition) is 3. The van der Waals surface area contributed by atoms with E-state index in [0.29, 0.717) is 0 Å². The van der Waals surface area contributed by atoms with Crippen molar-refractivity contribution in [2.45, 2.75) is 31.7 Å². The lowest BCUT2D eigenvalue weighted by atomic mass is 10.1.